The van der Waals surface area contributed by atoms with E-state index in [1.807, 2.05) is 31.2 Å². The second kappa shape index (κ2) is 10.7. The van der Waals surface area contributed by atoms with Gasteiger partial charge in [0.25, 0.3) is 0 Å². The fourth-order valence-corrected chi connectivity index (χ4v) is 7.18. The molecule has 4 rings (SSSR count). The number of hydrogen-bond acceptors (Lipinski definition) is 7. The Morgan fingerprint density at radius 3 is 2.47 bits per heavy atom. The average Bonchev–Trinajstić information content (AvgIpc) is 3.45. The van der Waals surface area contributed by atoms with E-state index in [0.717, 1.165) is 18.8 Å². The fraction of sp³-hybridized carbons (Fsp3) is 0.654. The molecule has 7 atom stereocenters. The lowest BCUT2D eigenvalue weighted by Crippen LogP contribution is -2.56. The molecule has 1 aromatic carbocycles. The number of nitrogens with zero attached hydrogens (tertiary/aromatic N) is 2. The molecular weight excluding hydrogens is 530 g/mol. The number of esters is 1. The van der Waals surface area contributed by atoms with Crippen molar-refractivity contribution in [2.24, 2.45) is 11.8 Å². The van der Waals surface area contributed by atoms with Crippen molar-refractivity contribution in [1.82, 2.24) is 4.90 Å². The molecule has 2 amide bonds. The first-order valence-corrected chi connectivity index (χ1v) is 13.8. The number of carbonyl (C=O) groups excluding carboxylic acids is 3. The van der Waals surface area contributed by atoms with Gasteiger partial charge in [-0.3, -0.25) is 14.4 Å². The maximum atomic E-state index is 13.9. The zero-order valence-electron chi connectivity index (χ0n) is 21.3. The quantitative estimate of drug-likeness (QED) is 0.331. The molecule has 36 heavy (non-hydrogen) atoms. The van der Waals surface area contributed by atoms with Crippen LogP contribution < -0.4 is 10.2 Å². The molecule has 3 saturated heterocycles. The van der Waals surface area contributed by atoms with Crippen molar-refractivity contribution in [3.05, 3.63) is 24.3 Å². The number of anilines is 2. The molecule has 1 aromatic rings. The molecule has 1 unspecified atom stereocenters. The third-order valence-electron chi connectivity index (χ3n) is 7.87. The van der Waals surface area contributed by atoms with Crippen molar-refractivity contribution in [2.75, 3.05) is 36.5 Å². The first kappa shape index (κ1) is 26.9. The Morgan fingerprint density at radius 1 is 1.25 bits per heavy atom. The number of aliphatic hydroxyl groups excluding tert-OH is 1. The highest BCUT2D eigenvalue weighted by molar-refractivity contribution is 9.09. The van der Waals surface area contributed by atoms with Crippen LogP contribution in [-0.4, -0.2) is 82.7 Å². The van der Waals surface area contributed by atoms with Crippen LogP contribution in [0.4, 0.5) is 11.4 Å². The molecular formula is C26H36BrN3O6. The predicted octanol–water partition coefficient (Wildman–Crippen LogP) is 2.55. The normalized spacial score (nSPS) is 31.3. The van der Waals surface area contributed by atoms with Gasteiger partial charge in [0, 0.05) is 29.3 Å². The second-order valence-electron chi connectivity index (χ2n) is 9.61. The van der Waals surface area contributed by atoms with Gasteiger partial charge in [-0.25, -0.2) is 0 Å². The molecule has 0 aliphatic carbocycles. The van der Waals surface area contributed by atoms with E-state index >= 15 is 0 Å². The van der Waals surface area contributed by atoms with E-state index in [9.17, 15) is 19.5 Å². The highest BCUT2D eigenvalue weighted by atomic mass is 79.9. The number of fused-ring (bicyclic) bond motifs is 1. The number of rotatable bonds is 10. The van der Waals surface area contributed by atoms with Crippen molar-refractivity contribution < 1.29 is 29.0 Å². The van der Waals surface area contributed by atoms with Crippen molar-refractivity contribution >= 4 is 45.1 Å². The van der Waals surface area contributed by atoms with Crippen LogP contribution in [0.1, 0.15) is 40.5 Å². The number of ether oxygens (including phenoxy) is 2. The van der Waals surface area contributed by atoms with Gasteiger partial charge in [-0.05, 0) is 57.9 Å². The van der Waals surface area contributed by atoms with Gasteiger partial charge < -0.3 is 29.7 Å². The fourth-order valence-electron chi connectivity index (χ4n) is 6.24. The SMILES string of the molecule is CCOC(=O)[C@@H]1[C@H]2O[C@@]3(CC2Br)[C@H](C(=O)Nc2ccc(N(CC)CC)cc2)N([C@@H](CC)CO)C(=O)[C@@H]13. The van der Waals surface area contributed by atoms with Crippen LogP contribution in [0, 0.1) is 11.8 Å². The molecule has 9 nitrogen and oxygen atoms in total. The molecule has 2 N–H and O–H groups in total. The molecule has 0 saturated carbocycles. The van der Waals surface area contributed by atoms with Crippen LogP contribution in [0.3, 0.4) is 0 Å². The predicted molar refractivity (Wildman–Crippen MR) is 139 cm³/mol. The van der Waals surface area contributed by atoms with E-state index in [-0.39, 0.29) is 23.9 Å². The minimum absolute atomic E-state index is 0.189. The van der Waals surface area contributed by atoms with Gasteiger partial charge in [0.05, 0.1) is 37.2 Å². The minimum Gasteiger partial charge on any atom is -0.466 e. The Hall–Kier alpha value is -2.17. The van der Waals surface area contributed by atoms with Gasteiger partial charge in [-0.1, -0.05) is 22.9 Å². The summed E-state index contributed by atoms with van der Waals surface area (Å²) in [4.78, 5) is 44.1. The van der Waals surface area contributed by atoms with Crippen molar-refractivity contribution in [1.29, 1.82) is 0 Å². The Labute approximate surface area is 220 Å². The highest BCUT2D eigenvalue weighted by Gasteiger charge is 2.77. The van der Waals surface area contributed by atoms with Crippen LogP contribution in [0.25, 0.3) is 0 Å². The summed E-state index contributed by atoms with van der Waals surface area (Å²) in [6.45, 7) is 9.39. The van der Waals surface area contributed by atoms with Gasteiger partial charge in [-0.2, -0.15) is 0 Å². The summed E-state index contributed by atoms with van der Waals surface area (Å²) in [5.41, 5.74) is 0.476. The largest absolute Gasteiger partial charge is 0.466 e. The number of aliphatic hydroxyl groups is 1. The van der Waals surface area contributed by atoms with Crippen LogP contribution in [-0.2, 0) is 23.9 Å². The van der Waals surface area contributed by atoms with E-state index in [4.69, 9.17) is 9.47 Å². The topological polar surface area (TPSA) is 108 Å². The second-order valence-corrected chi connectivity index (χ2v) is 10.8. The Bertz CT molecular complexity index is 982. The molecule has 1 spiro atoms. The monoisotopic (exact) mass is 565 g/mol. The van der Waals surface area contributed by atoms with Crippen LogP contribution in [0.5, 0.6) is 0 Å². The molecule has 2 bridgehead atoms. The van der Waals surface area contributed by atoms with E-state index in [1.54, 1.807) is 6.92 Å². The van der Waals surface area contributed by atoms with E-state index in [0.29, 0.717) is 18.5 Å². The lowest BCUT2D eigenvalue weighted by Gasteiger charge is -2.36. The lowest BCUT2D eigenvalue weighted by molar-refractivity contribution is -0.155. The van der Waals surface area contributed by atoms with Crippen LogP contribution in [0.15, 0.2) is 24.3 Å². The van der Waals surface area contributed by atoms with E-state index < -0.39 is 47.5 Å². The van der Waals surface area contributed by atoms with Gasteiger partial charge >= 0.3 is 5.97 Å². The zero-order chi connectivity index (χ0) is 26.2. The van der Waals surface area contributed by atoms with E-state index in [1.165, 1.54) is 4.90 Å². The van der Waals surface area contributed by atoms with Gasteiger partial charge in [-0.15, -0.1) is 0 Å². The first-order chi connectivity index (χ1) is 17.3. The van der Waals surface area contributed by atoms with Crippen molar-refractivity contribution in [2.45, 2.75) is 69.2 Å². The highest BCUT2D eigenvalue weighted by Crippen LogP contribution is 2.60. The number of amides is 2. The number of halogens is 1. The molecule has 10 heteroatoms. The van der Waals surface area contributed by atoms with Gasteiger partial charge in [0.15, 0.2) is 0 Å². The number of alkyl halides is 1. The summed E-state index contributed by atoms with van der Waals surface area (Å²) >= 11 is 3.63. The smallest absolute Gasteiger partial charge is 0.312 e. The first-order valence-electron chi connectivity index (χ1n) is 12.8. The van der Waals surface area contributed by atoms with Crippen LogP contribution >= 0.6 is 15.9 Å². The Kier molecular flexibility index (Phi) is 7.97. The molecule has 3 fully saturated rings. The number of carbonyl (C=O) groups is 3. The van der Waals surface area contributed by atoms with E-state index in [2.05, 4.69) is 40.0 Å². The number of likely N-dealkylation sites (tertiary alicyclic amines) is 1. The zero-order valence-corrected chi connectivity index (χ0v) is 22.9. The lowest BCUT2D eigenvalue weighted by atomic mass is 9.70. The molecule has 0 aromatic heterocycles. The number of benzene rings is 1. The summed E-state index contributed by atoms with van der Waals surface area (Å²) in [5, 5.41) is 13.1. The van der Waals surface area contributed by atoms with Gasteiger partial charge in [0.1, 0.15) is 11.6 Å². The average molecular weight is 566 g/mol. The molecule has 198 valence electrons. The summed E-state index contributed by atoms with van der Waals surface area (Å²) in [6, 6.07) is 6.02. The summed E-state index contributed by atoms with van der Waals surface area (Å²) in [6.07, 6.45) is 0.304. The molecule has 3 aliphatic heterocycles. The maximum Gasteiger partial charge on any atom is 0.312 e. The number of nitrogens with one attached hydrogen (secondary N) is 1. The standard InChI is InChI=1S/C26H36BrN3O6/c1-5-16(14-31)30-22(23(32)28-15-9-11-17(12-10-15)29(6-2)7-3)26-13-18(27)21(36-26)19(20(26)24(30)33)25(34)35-8-4/h9-12,16,18-22,31H,5-8,13-14H2,1-4H3,(H,28,32)/t16-,18?,19-,20+,21-,22-,26+/m0/s1. The Morgan fingerprint density at radius 2 is 1.92 bits per heavy atom. The van der Waals surface area contributed by atoms with Gasteiger partial charge in [0.2, 0.25) is 11.8 Å². The summed E-state index contributed by atoms with van der Waals surface area (Å²) in [7, 11) is 0. The molecule has 0 radical (unpaired) electrons. The molecule has 3 aliphatic rings. The third-order valence-corrected chi connectivity index (χ3v) is 8.72. The summed E-state index contributed by atoms with van der Waals surface area (Å²) < 4.78 is 11.7. The van der Waals surface area contributed by atoms with Crippen LogP contribution in [0.2, 0.25) is 0 Å². The Balaban J connectivity index is 1.68. The van der Waals surface area contributed by atoms with Crippen molar-refractivity contribution in [3.8, 4) is 0 Å². The number of hydrogen-bond donors (Lipinski definition) is 2. The maximum absolute atomic E-state index is 13.9. The minimum atomic E-state index is -1.18. The molecule has 3 heterocycles. The van der Waals surface area contributed by atoms with Crippen molar-refractivity contribution in [3.63, 3.8) is 0 Å². The third kappa shape index (κ3) is 4.20. The summed E-state index contributed by atoms with van der Waals surface area (Å²) in [5.74, 6) is -2.86.